The molecule has 1 heterocycles. The average Bonchev–Trinajstić information content (AvgIpc) is 2.50. The molecule has 8 nitrogen and oxygen atoms in total. The molecule has 3 N–H and O–H groups in total. The molecule has 0 bridgehead atoms. The molecule has 23 heavy (non-hydrogen) atoms. The topological polar surface area (TPSA) is 91.4 Å². The number of hydrogen-bond donors (Lipinski definition) is 3. The Hall–Kier alpha value is -2.25. The molecular formula is C15H28N6O2. The van der Waals surface area contributed by atoms with Gasteiger partial charge in [-0.25, -0.2) is 4.79 Å². The predicted octanol–water partition coefficient (Wildman–Crippen LogP) is 2.29. The van der Waals surface area contributed by atoms with Gasteiger partial charge < -0.3 is 25.6 Å². The second-order valence-corrected chi connectivity index (χ2v) is 5.21. The first-order chi connectivity index (χ1) is 11.0. The number of urea groups is 1. The van der Waals surface area contributed by atoms with Crippen molar-refractivity contribution < 1.29 is 9.53 Å². The van der Waals surface area contributed by atoms with Crippen LogP contribution in [-0.2, 0) is 0 Å². The molecule has 0 aliphatic heterocycles. The molecule has 0 fully saturated rings. The number of aromatic nitrogens is 2. The summed E-state index contributed by atoms with van der Waals surface area (Å²) in [6.45, 7) is 12.0. The van der Waals surface area contributed by atoms with E-state index in [2.05, 4.69) is 25.9 Å². The molecule has 1 aromatic rings. The molecule has 0 saturated carbocycles. The summed E-state index contributed by atoms with van der Waals surface area (Å²) in [6, 6.07) is -0.175. The van der Waals surface area contributed by atoms with Crippen molar-refractivity contribution >= 4 is 23.5 Å². The van der Waals surface area contributed by atoms with E-state index in [-0.39, 0.29) is 12.1 Å². The third-order valence-corrected chi connectivity index (χ3v) is 3.10. The SMILES string of the molecule is CCNC(=O)Nc1c(NC(C)C)nc(N(CC)CC)nc1OC. The van der Waals surface area contributed by atoms with E-state index in [1.165, 1.54) is 7.11 Å². The van der Waals surface area contributed by atoms with Crippen LogP contribution in [0.1, 0.15) is 34.6 Å². The van der Waals surface area contributed by atoms with Crippen molar-refractivity contribution in [2.24, 2.45) is 0 Å². The van der Waals surface area contributed by atoms with Crippen LogP contribution in [0.4, 0.5) is 22.2 Å². The average molecular weight is 324 g/mol. The van der Waals surface area contributed by atoms with Crippen molar-refractivity contribution in [3.63, 3.8) is 0 Å². The molecule has 1 aromatic heterocycles. The van der Waals surface area contributed by atoms with E-state index in [0.29, 0.717) is 29.9 Å². The molecule has 0 aromatic carbocycles. The maximum absolute atomic E-state index is 11.9. The molecule has 0 aliphatic rings. The summed E-state index contributed by atoms with van der Waals surface area (Å²) in [4.78, 5) is 22.9. The first-order valence-electron chi connectivity index (χ1n) is 7.99. The third-order valence-electron chi connectivity index (χ3n) is 3.10. The largest absolute Gasteiger partial charge is 0.479 e. The Morgan fingerprint density at radius 2 is 1.87 bits per heavy atom. The maximum atomic E-state index is 11.9. The fourth-order valence-corrected chi connectivity index (χ4v) is 2.03. The van der Waals surface area contributed by atoms with Crippen LogP contribution in [0.5, 0.6) is 5.88 Å². The lowest BCUT2D eigenvalue weighted by atomic mass is 10.3. The Bertz CT molecular complexity index is 517. The van der Waals surface area contributed by atoms with Crippen LogP contribution in [-0.4, -0.2) is 48.8 Å². The number of methoxy groups -OCH3 is 1. The molecule has 1 rings (SSSR count). The third kappa shape index (κ3) is 5.15. The lowest BCUT2D eigenvalue weighted by Gasteiger charge is -2.23. The molecule has 0 radical (unpaired) electrons. The van der Waals surface area contributed by atoms with Gasteiger partial charge in [-0.05, 0) is 34.6 Å². The molecule has 0 aliphatic carbocycles. The number of nitrogens with one attached hydrogen (secondary N) is 3. The minimum atomic E-state index is -0.322. The normalized spacial score (nSPS) is 10.4. The van der Waals surface area contributed by atoms with Crippen LogP contribution in [0, 0.1) is 0 Å². The van der Waals surface area contributed by atoms with Gasteiger partial charge in [0, 0.05) is 25.7 Å². The summed E-state index contributed by atoms with van der Waals surface area (Å²) in [5.74, 6) is 1.44. The zero-order valence-corrected chi connectivity index (χ0v) is 14.9. The van der Waals surface area contributed by atoms with E-state index >= 15 is 0 Å². The second kappa shape index (κ2) is 9.02. The van der Waals surface area contributed by atoms with Crippen LogP contribution in [0.15, 0.2) is 0 Å². The van der Waals surface area contributed by atoms with Gasteiger partial charge in [-0.2, -0.15) is 9.97 Å². The van der Waals surface area contributed by atoms with Crippen molar-refractivity contribution in [3.05, 3.63) is 0 Å². The number of ether oxygens (including phenoxy) is 1. The highest BCUT2D eigenvalue weighted by Crippen LogP contribution is 2.32. The zero-order valence-electron chi connectivity index (χ0n) is 14.9. The van der Waals surface area contributed by atoms with Crippen molar-refractivity contribution in [1.29, 1.82) is 0 Å². The predicted molar refractivity (Wildman–Crippen MR) is 93.6 cm³/mol. The molecule has 0 saturated heterocycles. The lowest BCUT2D eigenvalue weighted by Crippen LogP contribution is -2.30. The Morgan fingerprint density at radius 3 is 2.35 bits per heavy atom. The van der Waals surface area contributed by atoms with E-state index in [1.807, 2.05) is 39.5 Å². The fourth-order valence-electron chi connectivity index (χ4n) is 2.03. The highest BCUT2D eigenvalue weighted by atomic mass is 16.5. The van der Waals surface area contributed by atoms with Gasteiger partial charge in [0.25, 0.3) is 0 Å². The van der Waals surface area contributed by atoms with Crippen LogP contribution >= 0.6 is 0 Å². The van der Waals surface area contributed by atoms with E-state index in [4.69, 9.17) is 4.74 Å². The quantitative estimate of drug-likeness (QED) is 0.679. The maximum Gasteiger partial charge on any atom is 0.319 e. The number of hydrogen-bond acceptors (Lipinski definition) is 6. The van der Waals surface area contributed by atoms with Gasteiger partial charge in [0.15, 0.2) is 5.82 Å². The first-order valence-corrected chi connectivity index (χ1v) is 7.99. The first kappa shape index (κ1) is 18.8. The number of amides is 2. The number of rotatable bonds is 8. The number of carbonyl (C=O) groups excluding carboxylic acids is 1. The standard InChI is InChI=1S/C15H28N6O2/c1-7-16-15(22)18-11-12(17-10(4)5)19-14(20-13(11)23-6)21(8-2)9-3/h10H,7-9H2,1-6H3,(H2,16,18,22)(H,17,19,20). The van der Waals surface area contributed by atoms with Crippen LogP contribution < -0.4 is 25.6 Å². The molecule has 130 valence electrons. The molecule has 8 heteroatoms. The van der Waals surface area contributed by atoms with E-state index in [0.717, 1.165) is 13.1 Å². The van der Waals surface area contributed by atoms with Crippen molar-refractivity contribution in [2.75, 3.05) is 42.3 Å². The van der Waals surface area contributed by atoms with Crippen LogP contribution in [0.25, 0.3) is 0 Å². The van der Waals surface area contributed by atoms with Gasteiger partial charge in [0.1, 0.15) is 5.69 Å². The van der Waals surface area contributed by atoms with Gasteiger partial charge in [-0.3, -0.25) is 0 Å². The Morgan fingerprint density at radius 1 is 1.22 bits per heavy atom. The molecule has 2 amide bonds. The van der Waals surface area contributed by atoms with Crippen LogP contribution in [0.2, 0.25) is 0 Å². The summed E-state index contributed by atoms with van der Waals surface area (Å²) in [6.07, 6.45) is 0. The second-order valence-electron chi connectivity index (χ2n) is 5.21. The molecule has 0 spiro atoms. The smallest absolute Gasteiger partial charge is 0.319 e. The fraction of sp³-hybridized carbons (Fsp3) is 0.667. The van der Waals surface area contributed by atoms with Gasteiger partial charge >= 0.3 is 6.03 Å². The van der Waals surface area contributed by atoms with Gasteiger partial charge in [-0.15, -0.1) is 0 Å². The highest BCUT2D eigenvalue weighted by Gasteiger charge is 2.20. The minimum Gasteiger partial charge on any atom is -0.479 e. The van der Waals surface area contributed by atoms with E-state index in [1.54, 1.807) is 0 Å². The van der Waals surface area contributed by atoms with E-state index in [9.17, 15) is 4.79 Å². The Balaban J connectivity index is 3.31. The van der Waals surface area contributed by atoms with Crippen LogP contribution in [0.3, 0.4) is 0 Å². The van der Waals surface area contributed by atoms with Crippen molar-refractivity contribution in [1.82, 2.24) is 15.3 Å². The van der Waals surface area contributed by atoms with Gasteiger partial charge in [-0.1, -0.05) is 0 Å². The molecule has 0 atom stereocenters. The van der Waals surface area contributed by atoms with E-state index < -0.39 is 0 Å². The zero-order chi connectivity index (χ0) is 17.4. The Labute approximate surface area is 138 Å². The molecule has 0 unspecified atom stereocenters. The van der Waals surface area contributed by atoms with Gasteiger partial charge in [0.2, 0.25) is 11.8 Å². The minimum absolute atomic E-state index is 0.147. The summed E-state index contributed by atoms with van der Waals surface area (Å²) >= 11 is 0. The summed E-state index contributed by atoms with van der Waals surface area (Å²) in [7, 11) is 1.52. The van der Waals surface area contributed by atoms with Crippen molar-refractivity contribution in [3.8, 4) is 5.88 Å². The highest BCUT2D eigenvalue weighted by molar-refractivity contribution is 5.94. The summed E-state index contributed by atoms with van der Waals surface area (Å²) in [5, 5.41) is 8.68. The Kier molecular flexibility index (Phi) is 7.37. The number of carbonyl (C=O) groups is 1. The summed E-state index contributed by atoms with van der Waals surface area (Å²) < 4.78 is 5.37. The lowest BCUT2D eigenvalue weighted by molar-refractivity contribution is 0.252. The molecular weight excluding hydrogens is 296 g/mol. The monoisotopic (exact) mass is 324 g/mol. The summed E-state index contributed by atoms with van der Waals surface area (Å²) in [5.41, 5.74) is 0.433. The van der Waals surface area contributed by atoms with Crippen molar-refractivity contribution in [2.45, 2.75) is 40.7 Å². The number of anilines is 3. The van der Waals surface area contributed by atoms with Gasteiger partial charge in [0.05, 0.1) is 7.11 Å². The number of nitrogens with zero attached hydrogens (tertiary/aromatic N) is 3.